The summed E-state index contributed by atoms with van der Waals surface area (Å²) < 4.78 is 1.89. The second-order valence-corrected chi connectivity index (χ2v) is 8.03. The van der Waals surface area contributed by atoms with Crippen LogP contribution in [-0.2, 0) is 6.54 Å². The maximum atomic E-state index is 12.1. The summed E-state index contributed by atoms with van der Waals surface area (Å²) in [6.45, 7) is 4.43. The van der Waals surface area contributed by atoms with E-state index in [4.69, 9.17) is 0 Å². The molecule has 4 heteroatoms. The van der Waals surface area contributed by atoms with Crippen molar-refractivity contribution in [2.24, 2.45) is 11.8 Å². The minimum absolute atomic E-state index is 0.0252. The molecule has 0 unspecified atom stereocenters. The van der Waals surface area contributed by atoms with Crippen LogP contribution in [0.2, 0.25) is 0 Å². The topological polar surface area (TPSA) is 41.0 Å². The maximum absolute atomic E-state index is 12.1. The largest absolute Gasteiger partial charge is 0.326 e. The van der Waals surface area contributed by atoms with Gasteiger partial charge in [-0.3, -0.25) is 4.57 Å². The Morgan fingerprint density at radius 1 is 0.920 bits per heavy atom. The lowest BCUT2D eigenvalue weighted by molar-refractivity contribution is 0.125. The number of imidazole rings is 1. The van der Waals surface area contributed by atoms with Crippen molar-refractivity contribution in [3.05, 3.63) is 34.7 Å². The van der Waals surface area contributed by atoms with Gasteiger partial charge >= 0.3 is 5.69 Å². The first-order valence-corrected chi connectivity index (χ1v) is 10.2. The molecule has 0 amide bonds. The normalized spacial score (nSPS) is 21.1. The highest BCUT2D eigenvalue weighted by atomic mass is 16.1. The molecule has 25 heavy (non-hydrogen) atoms. The van der Waals surface area contributed by atoms with Gasteiger partial charge in [0.25, 0.3) is 0 Å². The molecule has 1 aromatic carbocycles. The summed E-state index contributed by atoms with van der Waals surface area (Å²) in [6, 6.07) is 7.98. The fraction of sp³-hybridized carbons (Fsp3) is 0.667. The number of piperidine rings is 1. The number of nitrogens with zero attached hydrogens (tertiary/aromatic N) is 2. The Balaban J connectivity index is 1.25. The number of hydrogen-bond acceptors (Lipinski definition) is 2. The van der Waals surface area contributed by atoms with Crippen LogP contribution in [0.25, 0.3) is 11.0 Å². The first kappa shape index (κ1) is 16.9. The predicted octanol–water partition coefficient (Wildman–Crippen LogP) is 4.01. The summed E-state index contributed by atoms with van der Waals surface area (Å²) in [5, 5.41) is 0. The molecule has 2 aromatic rings. The van der Waals surface area contributed by atoms with Crippen molar-refractivity contribution in [1.29, 1.82) is 0 Å². The molecule has 0 atom stereocenters. The molecular formula is C21H31N3O. The molecule has 1 saturated heterocycles. The second-order valence-electron chi connectivity index (χ2n) is 8.03. The molecule has 136 valence electrons. The number of likely N-dealkylation sites (tertiary alicyclic amines) is 1. The van der Waals surface area contributed by atoms with E-state index in [-0.39, 0.29) is 5.69 Å². The molecule has 1 aliphatic heterocycles. The van der Waals surface area contributed by atoms with Gasteiger partial charge in [0.2, 0.25) is 0 Å². The van der Waals surface area contributed by atoms with Gasteiger partial charge in [-0.1, -0.05) is 44.2 Å². The molecule has 1 N–H and O–H groups in total. The summed E-state index contributed by atoms with van der Waals surface area (Å²) in [5.41, 5.74) is 2.00. The standard InChI is InChI=1S/C21H31N3O/c25-21-22-19-9-4-5-10-20(19)24(21)14-6-13-23-15-11-18(12-16-23)17-7-2-1-3-8-17/h4-5,9-10,17-18H,1-3,6-8,11-16H2,(H,22,25). The lowest BCUT2D eigenvalue weighted by Gasteiger charge is -2.37. The van der Waals surface area contributed by atoms with Crippen LogP contribution in [0.3, 0.4) is 0 Å². The van der Waals surface area contributed by atoms with E-state index in [0.29, 0.717) is 0 Å². The van der Waals surface area contributed by atoms with Crippen molar-refractivity contribution in [3.8, 4) is 0 Å². The highest BCUT2D eigenvalue weighted by Gasteiger charge is 2.27. The fourth-order valence-electron chi connectivity index (χ4n) is 5.03. The summed E-state index contributed by atoms with van der Waals surface area (Å²) in [4.78, 5) is 17.7. The zero-order valence-corrected chi connectivity index (χ0v) is 15.3. The lowest BCUT2D eigenvalue weighted by Crippen LogP contribution is -2.37. The third kappa shape index (κ3) is 3.84. The molecule has 1 aliphatic carbocycles. The Kier molecular flexibility index (Phi) is 5.25. The molecule has 2 heterocycles. The molecular weight excluding hydrogens is 310 g/mol. The third-order valence-electron chi connectivity index (χ3n) is 6.49. The van der Waals surface area contributed by atoms with Crippen molar-refractivity contribution in [3.63, 3.8) is 0 Å². The van der Waals surface area contributed by atoms with Crippen molar-refractivity contribution in [2.75, 3.05) is 19.6 Å². The number of para-hydroxylation sites is 2. The van der Waals surface area contributed by atoms with Gasteiger partial charge in [-0.2, -0.15) is 0 Å². The van der Waals surface area contributed by atoms with Gasteiger partial charge in [-0.05, 0) is 62.9 Å². The van der Waals surface area contributed by atoms with Crippen LogP contribution in [0.15, 0.2) is 29.1 Å². The van der Waals surface area contributed by atoms with Crippen molar-refractivity contribution < 1.29 is 0 Å². The van der Waals surface area contributed by atoms with Crippen LogP contribution in [0, 0.1) is 11.8 Å². The minimum atomic E-state index is 0.0252. The number of H-pyrrole nitrogens is 1. The first-order chi connectivity index (χ1) is 12.3. The molecule has 2 aliphatic rings. The molecule has 0 spiro atoms. The van der Waals surface area contributed by atoms with E-state index in [1.54, 1.807) is 0 Å². The van der Waals surface area contributed by atoms with Crippen LogP contribution in [0.4, 0.5) is 0 Å². The Labute approximate surface area is 150 Å². The van der Waals surface area contributed by atoms with E-state index in [0.717, 1.165) is 42.4 Å². The van der Waals surface area contributed by atoms with Gasteiger partial charge in [-0.25, -0.2) is 4.79 Å². The molecule has 1 saturated carbocycles. The molecule has 0 radical (unpaired) electrons. The summed E-state index contributed by atoms with van der Waals surface area (Å²) in [6.07, 6.45) is 11.2. The van der Waals surface area contributed by atoms with Gasteiger partial charge in [-0.15, -0.1) is 0 Å². The van der Waals surface area contributed by atoms with Gasteiger partial charge in [0.05, 0.1) is 11.0 Å². The van der Waals surface area contributed by atoms with E-state index in [2.05, 4.69) is 9.88 Å². The lowest BCUT2D eigenvalue weighted by atomic mass is 9.76. The number of aromatic amines is 1. The van der Waals surface area contributed by atoms with Gasteiger partial charge in [0.1, 0.15) is 0 Å². The number of rotatable bonds is 5. The number of nitrogens with one attached hydrogen (secondary N) is 1. The average Bonchev–Trinajstić information content (AvgIpc) is 2.99. The van der Waals surface area contributed by atoms with Crippen LogP contribution in [0.1, 0.15) is 51.4 Å². The maximum Gasteiger partial charge on any atom is 0.326 e. The van der Waals surface area contributed by atoms with E-state index in [1.165, 1.54) is 58.0 Å². The highest BCUT2D eigenvalue weighted by Crippen LogP contribution is 2.35. The second kappa shape index (κ2) is 7.77. The van der Waals surface area contributed by atoms with Gasteiger partial charge in [0.15, 0.2) is 0 Å². The molecule has 2 fully saturated rings. The smallest absolute Gasteiger partial charge is 0.306 e. The number of aromatic nitrogens is 2. The van der Waals surface area contributed by atoms with Crippen LogP contribution < -0.4 is 5.69 Å². The Bertz CT molecular complexity index is 733. The molecule has 4 rings (SSSR count). The van der Waals surface area contributed by atoms with E-state index in [9.17, 15) is 4.79 Å². The Hall–Kier alpha value is -1.55. The van der Waals surface area contributed by atoms with E-state index < -0.39 is 0 Å². The van der Waals surface area contributed by atoms with Gasteiger partial charge in [0, 0.05) is 6.54 Å². The summed E-state index contributed by atoms with van der Waals surface area (Å²) in [5.74, 6) is 1.99. The Morgan fingerprint density at radius 2 is 1.64 bits per heavy atom. The van der Waals surface area contributed by atoms with Crippen LogP contribution in [-0.4, -0.2) is 34.1 Å². The zero-order chi connectivity index (χ0) is 17.1. The minimum Gasteiger partial charge on any atom is -0.306 e. The molecule has 0 bridgehead atoms. The SMILES string of the molecule is O=c1[nH]c2ccccc2n1CCCN1CCC(C2CCCCC2)CC1. The van der Waals surface area contributed by atoms with Crippen molar-refractivity contribution in [1.82, 2.24) is 14.5 Å². The van der Waals surface area contributed by atoms with Crippen molar-refractivity contribution in [2.45, 2.75) is 57.9 Å². The highest BCUT2D eigenvalue weighted by molar-refractivity contribution is 5.74. The Morgan fingerprint density at radius 3 is 2.44 bits per heavy atom. The zero-order valence-electron chi connectivity index (χ0n) is 15.3. The molecule has 1 aromatic heterocycles. The van der Waals surface area contributed by atoms with E-state index >= 15 is 0 Å². The third-order valence-corrected chi connectivity index (χ3v) is 6.49. The summed E-state index contributed by atoms with van der Waals surface area (Å²) >= 11 is 0. The average molecular weight is 341 g/mol. The quantitative estimate of drug-likeness (QED) is 0.892. The monoisotopic (exact) mass is 341 g/mol. The fourth-order valence-corrected chi connectivity index (χ4v) is 5.03. The first-order valence-electron chi connectivity index (χ1n) is 10.2. The van der Waals surface area contributed by atoms with Crippen LogP contribution >= 0.6 is 0 Å². The number of hydrogen-bond donors (Lipinski definition) is 1. The summed E-state index contributed by atoms with van der Waals surface area (Å²) in [7, 11) is 0. The number of fused-ring (bicyclic) bond motifs is 1. The number of benzene rings is 1. The molecule has 4 nitrogen and oxygen atoms in total. The number of aryl methyl sites for hydroxylation is 1. The van der Waals surface area contributed by atoms with E-state index in [1.807, 2.05) is 28.8 Å². The van der Waals surface area contributed by atoms with Crippen LogP contribution in [0.5, 0.6) is 0 Å². The van der Waals surface area contributed by atoms with Crippen molar-refractivity contribution >= 4 is 11.0 Å². The van der Waals surface area contributed by atoms with Gasteiger partial charge < -0.3 is 9.88 Å². The predicted molar refractivity (Wildman–Crippen MR) is 103 cm³/mol.